The molecule has 206 valence electrons. The topological polar surface area (TPSA) is 128 Å². The van der Waals surface area contributed by atoms with Crippen molar-refractivity contribution in [3.05, 3.63) is 64.2 Å². The number of piperidine rings is 1. The number of nitrogens with one attached hydrogen (secondary N) is 2. The predicted octanol–water partition coefficient (Wildman–Crippen LogP) is 4.64. The van der Waals surface area contributed by atoms with E-state index in [4.69, 9.17) is 0 Å². The second-order valence-electron chi connectivity index (χ2n) is 10.6. The van der Waals surface area contributed by atoms with Crippen LogP contribution in [0.1, 0.15) is 56.0 Å². The summed E-state index contributed by atoms with van der Waals surface area (Å²) in [5, 5.41) is 14.6. The van der Waals surface area contributed by atoms with Gasteiger partial charge in [-0.25, -0.2) is 14.0 Å². The highest BCUT2D eigenvalue weighted by Gasteiger charge is 2.43. The third-order valence-corrected chi connectivity index (χ3v) is 9.39. The molecule has 3 amide bonds. The molecule has 1 saturated heterocycles. The highest BCUT2D eigenvalue weighted by Crippen LogP contribution is 2.49. The molecule has 0 atom stereocenters. The van der Waals surface area contributed by atoms with E-state index < -0.39 is 17.5 Å². The van der Waals surface area contributed by atoms with Gasteiger partial charge in [-0.1, -0.05) is 24.3 Å². The molecule has 1 spiro atoms. The first-order valence-corrected chi connectivity index (χ1v) is 14.2. The largest absolute Gasteiger partial charge is 0.480 e. The number of likely N-dealkylation sites (tertiary alicyclic amines) is 1. The number of fused-ring (bicyclic) bond motifs is 1. The minimum atomic E-state index is -1.52. The summed E-state index contributed by atoms with van der Waals surface area (Å²) in [5.74, 6) is -1.37. The van der Waals surface area contributed by atoms with Crippen molar-refractivity contribution >= 4 is 53.1 Å². The average Bonchev–Trinajstić information content (AvgIpc) is 2.85. The SMILES string of the molecule is C=C1/C=C\C(C)=N/S/C(NC(=O)NC(C)(C)C(=O)O)=C\1C(=O)N1CCC2(CC1)CC(=O)c1cc(C)ccc1S2. The number of carbonyl (C=O) groups excluding carboxylic acids is 3. The van der Waals surface area contributed by atoms with Gasteiger partial charge >= 0.3 is 12.0 Å². The number of rotatable bonds is 4. The molecule has 0 saturated carbocycles. The highest BCUT2D eigenvalue weighted by molar-refractivity contribution is 8.02. The van der Waals surface area contributed by atoms with Crippen LogP contribution in [0.3, 0.4) is 0 Å². The van der Waals surface area contributed by atoms with Crippen LogP contribution >= 0.6 is 23.7 Å². The average molecular weight is 569 g/mol. The van der Waals surface area contributed by atoms with Crippen molar-refractivity contribution in [2.45, 2.75) is 62.1 Å². The summed E-state index contributed by atoms with van der Waals surface area (Å²) in [6, 6.07) is 5.20. The maximum absolute atomic E-state index is 13.8. The molecule has 0 unspecified atom stereocenters. The van der Waals surface area contributed by atoms with Gasteiger partial charge in [-0.2, -0.15) is 0 Å². The fraction of sp³-hybridized carbons (Fsp3) is 0.393. The van der Waals surface area contributed by atoms with Crippen molar-refractivity contribution in [1.82, 2.24) is 15.5 Å². The highest BCUT2D eigenvalue weighted by atomic mass is 32.2. The standard InChI is InChI=1S/C28H32N4O5S2/c1-16-6-9-21-19(14-16)20(33)15-28(38-21)10-12-32(13-11-28)24(34)22-17(2)7-8-18(3)31-39-23(22)29-26(37)30-27(4,5)25(35)36/h6-9,14H,2,10-13,15H2,1,3-5H3,(H,35,36)(H2,29,30,37)/b8-7-,23-22+,31-18-. The first-order chi connectivity index (χ1) is 18.3. The lowest BCUT2D eigenvalue weighted by atomic mass is 9.87. The van der Waals surface area contributed by atoms with Gasteiger partial charge in [0.1, 0.15) is 10.6 Å². The van der Waals surface area contributed by atoms with E-state index in [1.807, 2.05) is 25.1 Å². The van der Waals surface area contributed by atoms with Crippen LogP contribution in [0.15, 0.2) is 62.4 Å². The van der Waals surface area contributed by atoms with Crippen LogP contribution in [0.4, 0.5) is 4.79 Å². The Labute approximate surface area is 236 Å². The molecule has 3 heterocycles. The summed E-state index contributed by atoms with van der Waals surface area (Å²) >= 11 is 2.66. The van der Waals surface area contributed by atoms with Gasteiger partial charge in [0.25, 0.3) is 5.91 Å². The van der Waals surface area contributed by atoms with Crippen LogP contribution in [0.25, 0.3) is 0 Å². The Balaban J connectivity index is 1.55. The molecule has 3 aliphatic heterocycles. The molecule has 3 N–H and O–H groups in total. The third-order valence-electron chi connectivity index (χ3n) is 6.96. The number of carbonyl (C=O) groups is 4. The Morgan fingerprint density at radius 3 is 2.51 bits per heavy atom. The summed E-state index contributed by atoms with van der Waals surface area (Å²) in [4.78, 5) is 53.7. The Morgan fingerprint density at radius 2 is 1.85 bits per heavy atom. The van der Waals surface area contributed by atoms with Gasteiger partial charge in [0.2, 0.25) is 0 Å². The van der Waals surface area contributed by atoms with E-state index in [-0.39, 0.29) is 27.0 Å². The van der Waals surface area contributed by atoms with E-state index in [1.54, 1.807) is 35.7 Å². The zero-order valence-corrected chi connectivity index (χ0v) is 24.1. The van der Waals surface area contributed by atoms with Gasteiger partial charge in [0.05, 0.1) is 5.57 Å². The van der Waals surface area contributed by atoms with E-state index in [9.17, 15) is 24.3 Å². The number of allylic oxidation sites excluding steroid dienone is 2. The molecule has 9 nitrogen and oxygen atoms in total. The summed E-state index contributed by atoms with van der Waals surface area (Å²) in [7, 11) is 0. The van der Waals surface area contributed by atoms with E-state index in [2.05, 4.69) is 21.6 Å². The minimum Gasteiger partial charge on any atom is -0.480 e. The fourth-order valence-electron chi connectivity index (χ4n) is 4.60. The maximum atomic E-state index is 13.8. The van der Waals surface area contributed by atoms with Crippen molar-refractivity contribution in [3.63, 3.8) is 0 Å². The van der Waals surface area contributed by atoms with Gasteiger partial charge in [-0.05, 0) is 64.3 Å². The van der Waals surface area contributed by atoms with Crippen molar-refractivity contribution in [2.75, 3.05) is 13.1 Å². The van der Waals surface area contributed by atoms with Gasteiger partial charge in [0.15, 0.2) is 5.78 Å². The number of carboxylic acid groups (broad SMARTS) is 1. The van der Waals surface area contributed by atoms with Crippen LogP contribution < -0.4 is 10.6 Å². The number of amides is 3. The molecule has 4 rings (SSSR count). The summed E-state index contributed by atoms with van der Waals surface area (Å²) in [5.41, 5.74) is 1.57. The number of carboxylic acids is 1. The molecule has 0 aliphatic carbocycles. The van der Waals surface area contributed by atoms with Crippen LogP contribution in [-0.4, -0.2) is 62.8 Å². The van der Waals surface area contributed by atoms with Crippen LogP contribution in [-0.2, 0) is 9.59 Å². The fourth-order valence-corrected chi connectivity index (χ4v) is 6.82. The molecular formula is C28H32N4O5S2. The van der Waals surface area contributed by atoms with E-state index in [0.717, 1.165) is 28.0 Å². The molecule has 1 aromatic rings. The normalized spacial score (nSPS) is 23.2. The zero-order valence-electron chi connectivity index (χ0n) is 22.4. The quantitative estimate of drug-likeness (QED) is 0.451. The van der Waals surface area contributed by atoms with Crippen LogP contribution in [0.2, 0.25) is 0 Å². The summed E-state index contributed by atoms with van der Waals surface area (Å²) in [6.07, 6.45) is 5.15. The Morgan fingerprint density at radius 1 is 1.15 bits per heavy atom. The molecule has 3 aliphatic rings. The van der Waals surface area contributed by atoms with Gasteiger partial charge in [0, 0.05) is 52.4 Å². The first-order valence-electron chi connectivity index (χ1n) is 12.6. The van der Waals surface area contributed by atoms with Crippen molar-refractivity contribution in [1.29, 1.82) is 0 Å². The lowest BCUT2D eigenvalue weighted by Crippen LogP contribution is -2.53. The van der Waals surface area contributed by atoms with Crippen LogP contribution in [0, 0.1) is 6.92 Å². The van der Waals surface area contributed by atoms with Gasteiger partial charge in [-0.3, -0.25) is 9.59 Å². The predicted molar refractivity (Wildman–Crippen MR) is 154 cm³/mol. The Bertz CT molecular complexity index is 1350. The molecular weight excluding hydrogens is 536 g/mol. The number of thioether (sulfide) groups is 1. The second kappa shape index (κ2) is 11.1. The summed E-state index contributed by atoms with van der Waals surface area (Å²) in [6.45, 7) is 11.4. The van der Waals surface area contributed by atoms with Crippen molar-refractivity contribution in [3.8, 4) is 0 Å². The number of hydrogen-bond acceptors (Lipinski definition) is 7. The van der Waals surface area contributed by atoms with Crippen LogP contribution in [0.5, 0.6) is 0 Å². The smallest absolute Gasteiger partial charge is 0.328 e. The molecule has 39 heavy (non-hydrogen) atoms. The number of benzene rings is 1. The number of hydrogen-bond donors (Lipinski definition) is 3. The monoisotopic (exact) mass is 568 g/mol. The number of nitrogens with zero attached hydrogens (tertiary/aromatic N) is 2. The van der Waals surface area contributed by atoms with Gasteiger partial charge < -0.3 is 20.6 Å². The van der Waals surface area contributed by atoms with E-state index in [0.29, 0.717) is 43.6 Å². The number of aliphatic carboxylic acids is 1. The summed E-state index contributed by atoms with van der Waals surface area (Å²) < 4.78 is 4.08. The maximum Gasteiger partial charge on any atom is 0.328 e. The Hall–Kier alpha value is -3.31. The molecule has 1 fully saturated rings. The molecule has 0 aromatic heterocycles. The number of aryl methyl sites for hydroxylation is 1. The molecule has 1 aromatic carbocycles. The lowest BCUT2D eigenvalue weighted by molar-refractivity contribution is -0.143. The van der Waals surface area contributed by atoms with Gasteiger partial charge in [-0.15, -0.1) is 11.8 Å². The van der Waals surface area contributed by atoms with E-state index in [1.165, 1.54) is 13.8 Å². The first kappa shape index (κ1) is 28.7. The minimum absolute atomic E-state index is 0.139. The molecule has 11 heteroatoms. The number of urea groups is 1. The van der Waals surface area contributed by atoms with Crippen molar-refractivity contribution in [2.24, 2.45) is 4.40 Å². The lowest BCUT2D eigenvalue weighted by Gasteiger charge is -2.43. The Kier molecular flexibility index (Phi) is 8.13. The zero-order chi connectivity index (χ0) is 28.5. The van der Waals surface area contributed by atoms with Crippen molar-refractivity contribution < 1.29 is 24.3 Å². The number of Topliss-reactive ketones (excluding diaryl/α,β-unsaturated/α-hetero) is 1. The molecule has 0 radical (unpaired) electrons. The third kappa shape index (κ3) is 6.30. The van der Waals surface area contributed by atoms with E-state index >= 15 is 0 Å². The molecule has 0 bridgehead atoms. The number of ketones is 1. The second-order valence-corrected chi connectivity index (χ2v) is 12.9.